The Kier molecular flexibility index (Phi) is 2.75. The molecule has 0 unspecified atom stereocenters. The van der Waals surface area contributed by atoms with Crippen molar-refractivity contribution in [3.8, 4) is 17.1 Å². The Labute approximate surface area is 112 Å². The molecule has 3 heteroatoms. The van der Waals surface area contributed by atoms with Crippen LogP contribution in [0.4, 0.5) is 0 Å². The van der Waals surface area contributed by atoms with Crippen LogP contribution in [0.25, 0.3) is 22.4 Å². The van der Waals surface area contributed by atoms with Gasteiger partial charge in [-0.2, -0.15) is 0 Å². The van der Waals surface area contributed by atoms with Crippen LogP contribution in [0.2, 0.25) is 0 Å². The number of nitrogens with zero attached hydrogens (tertiary/aromatic N) is 2. The molecule has 0 aliphatic rings. The Morgan fingerprint density at radius 3 is 2.37 bits per heavy atom. The van der Waals surface area contributed by atoms with Gasteiger partial charge in [0.2, 0.25) is 0 Å². The second kappa shape index (κ2) is 4.43. The van der Waals surface area contributed by atoms with E-state index in [1.54, 1.807) is 12.1 Å². The molecular weight excluding hydrogens is 236 g/mol. The van der Waals surface area contributed by atoms with E-state index < -0.39 is 0 Å². The van der Waals surface area contributed by atoms with Crippen LogP contribution in [0, 0.1) is 0 Å². The maximum atomic E-state index is 9.39. The minimum absolute atomic E-state index is 0.274. The van der Waals surface area contributed by atoms with Gasteiger partial charge in [-0.15, -0.1) is 0 Å². The van der Waals surface area contributed by atoms with Crippen molar-refractivity contribution in [3.05, 3.63) is 48.5 Å². The van der Waals surface area contributed by atoms with Crippen LogP contribution < -0.4 is 0 Å². The van der Waals surface area contributed by atoms with Crippen molar-refractivity contribution in [1.29, 1.82) is 0 Å². The zero-order valence-corrected chi connectivity index (χ0v) is 11.0. The van der Waals surface area contributed by atoms with Gasteiger partial charge in [-0.3, -0.25) is 0 Å². The molecule has 3 aromatic rings. The molecule has 1 heterocycles. The van der Waals surface area contributed by atoms with Crippen molar-refractivity contribution in [2.24, 2.45) is 0 Å². The predicted molar refractivity (Wildman–Crippen MR) is 77.2 cm³/mol. The lowest BCUT2D eigenvalue weighted by Gasteiger charge is -2.13. The van der Waals surface area contributed by atoms with Gasteiger partial charge < -0.3 is 9.67 Å². The maximum absolute atomic E-state index is 9.39. The van der Waals surface area contributed by atoms with Gasteiger partial charge in [0, 0.05) is 11.6 Å². The Bertz CT molecular complexity index is 711. The van der Waals surface area contributed by atoms with Crippen molar-refractivity contribution >= 4 is 11.0 Å². The molecule has 0 saturated heterocycles. The molecule has 96 valence electrons. The standard InChI is InChI=1S/C16H16N2O/c1-11(2)18-15-6-4-3-5-14(15)17-16(18)12-7-9-13(19)10-8-12/h3-11,19H,1-2H3. The van der Waals surface area contributed by atoms with Crippen LogP contribution in [-0.4, -0.2) is 14.7 Å². The molecule has 0 aliphatic heterocycles. The van der Waals surface area contributed by atoms with E-state index >= 15 is 0 Å². The van der Waals surface area contributed by atoms with Crippen LogP contribution in [0.5, 0.6) is 5.75 Å². The monoisotopic (exact) mass is 252 g/mol. The first kappa shape index (κ1) is 11.8. The number of benzene rings is 2. The van der Waals surface area contributed by atoms with Crippen molar-refractivity contribution in [3.63, 3.8) is 0 Å². The zero-order valence-electron chi connectivity index (χ0n) is 11.0. The number of imidazole rings is 1. The van der Waals surface area contributed by atoms with E-state index in [2.05, 4.69) is 24.5 Å². The van der Waals surface area contributed by atoms with E-state index in [0.717, 1.165) is 22.4 Å². The summed E-state index contributed by atoms with van der Waals surface area (Å²) in [5, 5.41) is 9.39. The van der Waals surface area contributed by atoms with Gasteiger partial charge >= 0.3 is 0 Å². The predicted octanol–water partition coefficient (Wildman–Crippen LogP) is 3.99. The molecule has 0 radical (unpaired) electrons. The molecule has 0 saturated carbocycles. The van der Waals surface area contributed by atoms with E-state index in [1.807, 2.05) is 30.3 Å². The minimum atomic E-state index is 0.274. The molecule has 3 nitrogen and oxygen atoms in total. The van der Waals surface area contributed by atoms with E-state index in [0.29, 0.717) is 6.04 Å². The minimum Gasteiger partial charge on any atom is -0.508 e. The second-order valence-corrected chi connectivity index (χ2v) is 4.93. The van der Waals surface area contributed by atoms with Crippen molar-refractivity contribution < 1.29 is 5.11 Å². The number of aromatic hydroxyl groups is 1. The van der Waals surface area contributed by atoms with E-state index in [-0.39, 0.29) is 5.75 Å². The summed E-state index contributed by atoms with van der Waals surface area (Å²) < 4.78 is 2.22. The van der Waals surface area contributed by atoms with Crippen LogP contribution in [0.15, 0.2) is 48.5 Å². The molecule has 0 bridgehead atoms. The van der Waals surface area contributed by atoms with Gasteiger partial charge in [0.15, 0.2) is 0 Å². The molecule has 1 N–H and O–H groups in total. The lowest BCUT2D eigenvalue weighted by atomic mass is 10.2. The third-order valence-electron chi connectivity index (χ3n) is 3.24. The second-order valence-electron chi connectivity index (χ2n) is 4.93. The third-order valence-corrected chi connectivity index (χ3v) is 3.24. The lowest BCUT2D eigenvalue weighted by Crippen LogP contribution is -2.02. The number of phenolic OH excluding ortho intramolecular Hbond substituents is 1. The Hall–Kier alpha value is -2.29. The summed E-state index contributed by atoms with van der Waals surface area (Å²) in [5.41, 5.74) is 3.16. The van der Waals surface area contributed by atoms with Crippen molar-refractivity contribution in [2.75, 3.05) is 0 Å². The first-order chi connectivity index (χ1) is 9.16. The van der Waals surface area contributed by atoms with E-state index in [1.165, 1.54) is 0 Å². The van der Waals surface area contributed by atoms with Crippen LogP contribution in [-0.2, 0) is 0 Å². The Morgan fingerprint density at radius 1 is 1.00 bits per heavy atom. The van der Waals surface area contributed by atoms with Gasteiger partial charge in [-0.05, 0) is 50.2 Å². The Balaban J connectivity index is 2.28. The number of rotatable bonds is 2. The summed E-state index contributed by atoms with van der Waals surface area (Å²) in [6.45, 7) is 4.30. The molecular formula is C16H16N2O. The molecule has 0 fully saturated rings. The first-order valence-electron chi connectivity index (χ1n) is 6.43. The fourth-order valence-corrected chi connectivity index (χ4v) is 2.38. The number of aromatic nitrogens is 2. The first-order valence-corrected chi connectivity index (χ1v) is 6.43. The number of para-hydroxylation sites is 2. The van der Waals surface area contributed by atoms with Crippen molar-refractivity contribution in [1.82, 2.24) is 9.55 Å². The fourth-order valence-electron chi connectivity index (χ4n) is 2.38. The summed E-state index contributed by atoms with van der Waals surface area (Å²) in [5.74, 6) is 1.21. The largest absolute Gasteiger partial charge is 0.508 e. The van der Waals surface area contributed by atoms with E-state index in [4.69, 9.17) is 4.98 Å². The van der Waals surface area contributed by atoms with Crippen LogP contribution in [0.3, 0.4) is 0 Å². The van der Waals surface area contributed by atoms with Gasteiger partial charge in [0.25, 0.3) is 0 Å². The highest BCUT2D eigenvalue weighted by atomic mass is 16.3. The molecule has 2 aromatic carbocycles. The zero-order chi connectivity index (χ0) is 13.4. The fraction of sp³-hybridized carbons (Fsp3) is 0.188. The SMILES string of the molecule is CC(C)n1c(-c2ccc(O)cc2)nc2ccccc21. The highest BCUT2D eigenvalue weighted by Crippen LogP contribution is 2.28. The average molecular weight is 252 g/mol. The molecule has 0 atom stereocenters. The van der Waals surface area contributed by atoms with E-state index in [9.17, 15) is 5.11 Å². The summed E-state index contributed by atoms with van der Waals surface area (Å²) in [6, 6.07) is 15.7. The molecule has 1 aromatic heterocycles. The molecule has 19 heavy (non-hydrogen) atoms. The van der Waals surface area contributed by atoms with Crippen molar-refractivity contribution in [2.45, 2.75) is 19.9 Å². The molecule has 3 rings (SSSR count). The normalized spacial score (nSPS) is 11.3. The summed E-state index contributed by atoms with van der Waals surface area (Å²) in [6.07, 6.45) is 0. The number of hydrogen-bond acceptors (Lipinski definition) is 2. The lowest BCUT2D eigenvalue weighted by molar-refractivity contribution is 0.475. The number of fused-ring (bicyclic) bond motifs is 1. The average Bonchev–Trinajstić information content (AvgIpc) is 2.78. The number of hydrogen-bond donors (Lipinski definition) is 1. The van der Waals surface area contributed by atoms with Gasteiger partial charge in [0.05, 0.1) is 11.0 Å². The topological polar surface area (TPSA) is 38.0 Å². The smallest absolute Gasteiger partial charge is 0.141 e. The molecule has 0 spiro atoms. The highest BCUT2D eigenvalue weighted by Gasteiger charge is 2.14. The van der Waals surface area contributed by atoms with Crippen LogP contribution in [0.1, 0.15) is 19.9 Å². The van der Waals surface area contributed by atoms with Gasteiger partial charge in [-0.25, -0.2) is 4.98 Å². The Morgan fingerprint density at radius 2 is 1.68 bits per heavy atom. The molecule has 0 amide bonds. The quantitative estimate of drug-likeness (QED) is 0.748. The van der Waals surface area contributed by atoms with Gasteiger partial charge in [-0.1, -0.05) is 12.1 Å². The number of phenols is 1. The highest BCUT2D eigenvalue weighted by molar-refractivity contribution is 5.80. The third kappa shape index (κ3) is 1.97. The molecule has 0 aliphatic carbocycles. The summed E-state index contributed by atoms with van der Waals surface area (Å²) in [7, 11) is 0. The van der Waals surface area contributed by atoms with Gasteiger partial charge in [0.1, 0.15) is 11.6 Å². The maximum Gasteiger partial charge on any atom is 0.141 e. The summed E-state index contributed by atoms with van der Waals surface area (Å²) >= 11 is 0. The summed E-state index contributed by atoms with van der Waals surface area (Å²) in [4.78, 5) is 4.72. The van der Waals surface area contributed by atoms with Crippen LogP contribution >= 0.6 is 0 Å².